The van der Waals surface area contributed by atoms with E-state index in [-0.39, 0.29) is 0 Å². The summed E-state index contributed by atoms with van der Waals surface area (Å²) in [5.74, 6) is 0.681. The van der Waals surface area contributed by atoms with Crippen LogP contribution in [0, 0.1) is 0 Å². The van der Waals surface area contributed by atoms with Crippen LogP contribution in [0.5, 0.6) is 5.88 Å². The van der Waals surface area contributed by atoms with Crippen molar-refractivity contribution in [2.75, 3.05) is 26.2 Å². The molecule has 1 saturated heterocycles. The van der Waals surface area contributed by atoms with E-state index in [0.717, 1.165) is 17.8 Å². The van der Waals surface area contributed by atoms with Crippen LogP contribution in [-0.4, -0.2) is 41.3 Å². The molecule has 1 aromatic heterocycles. The summed E-state index contributed by atoms with van der Waals surface area (Å²) >= 11 is 0. The first kappa shape index (κ1) is 13.2. The number of aromatic nitrogens is 2. The molecule has 0 aliphatic carbocycles. The molecule has 2 aromatic rings. The molecule has 0 spiro atoms. The van der Waals surface area contributed by atoms with Crippen LogP contribution in [-0.2, 0) is 0 Å². The summed E-state index contributed by atoms with van der Waals surface area (Å²) in [5.41, 5.74) is 2.13. The number of hydrogen-bond acceptors (Lipinski definition) is 3. The van der Waals surface area contributed by atoms with Gasteiger partial charge in [-0.15, -0.1) is 5.10 Å². The molecule has 0 atom stereocenters. The second-order valence-electron chi connectivity index (χ2n) is 5.24. The first-order chi connectivity index (χ1) is 9.92. The Morgan fingerprint density at radius 2 is 1.90 bits per heavy atom. The van der Waals surface area contributed by atoms with Crippen LogP contribution in [0.15, 0.2) is 36.4 Å². The van der Waals surface area contributed by atoms with Crippen LogP contribution < -0.4 is 4.74 Å². The van der Waals surface area contributed by atoms with Gasteiger partial charge in [-0.05, 0) is 31.5 Å². The monoisotopic (exact) mass is 271 g/mol. The van der Waals surface area contributed by atoms with Gasteiger partial charge in [0.1, 0.15) is 6.61 Å². The van der Waals surface area contributed by atoms with Gasteiger partial charge in [0.25, 0.3) is 0 Å². The molecule has 3 rings (SSSR count). The quantitative estimate of drug-likeness (QED) is 0.909. The molecule has 4 nitrogen and oxygen atoms in total. The molecule has 0 unspecified atom stereocenters. The standard InChI is InChI=1S/C16H21N3O/c1-3-7-14(8-4-1)15-13-16(18-17-15)20-12-11-19-9-5-2-6-10-19/h1,3-4,7-8,13H,2,5-6,9-12H2,(H,17,18). The molecule has 4 heteroatoms. The molecule has 1 fully saturated rings. The van der Waals surface area contributed by atoms with Crippen LogP contribution in [0.2, 0.25) is 0 Å². The average Bonchev–Trinajstić information content (AvgIpc) is 2.98. The summed E-state index contributed by atoms with van der Waals surface area (Å²) in [6.45, 7) is 4.12. The number of hydrogen-bond donors (Lipinski definition) is 1. The highest BCUT2D eigenvalue weighted by Gasteiger charge is 2.10. The van der Waals surface area contributed by atoms with E-state index in [1.807, 2.05) is 24.3 Å². The van der Waals surface area contributed by atoms with Gasteiger partial charge in [-0.1, -0.05) is 36.8 Å². The molecular formula is C16H21N3O. The maximum atomic E-state index is 5.73. The molecule has 0 radical (unpaired) electrons. The Morgan fingerprint density at radius 1 is 1.10 bits per heavy atom. The van der Waals surface area contributed by atoms with Gasteiger partial charge >= 0.3 is 0 Å². The molecule has 0 bridgehead atoms. The number of rotatable bonds is 5. The van der Waals surface area contributed by atoms with Gasteiger partial charge in [0.05, 0.1) is 5.69 Å². The SMILES string of the molecule is c1ccc(-c2cc(OCCN3CCCCC3)n[nH]2)cc1. The molecule has 106 valence electrons. The van der Waals surface area contributed by atoms with Gasteiger partial charge in [-0.2, -0.15) is 0 Å². The largest absolute Gasteiger partial charge is 0.475 e. The van der Waals surface area contributed by atoms with Crippen molar-refractivity contribution < 1.29 is 4.74 Å². The molecule has 0 amide bonds. The zero-order valence-electron chi connectivity index (χ0n) is 11.7. The smallest absolute Gasteiger partial charge is 0.233 e. The fourth-order valence-corrected chi connectivity index (χ4v) is 2.61. The predicted molar refractivity (Wildman–Crippen MR) is 79.8 cm³/mol. The summed E-state index contributed by atoms with van der Waals surface area (Å²) in [6.07, 6.45) is 4.01. The average molecular weight is 271 g/mol. The Morgan fingerprint density at radius 3 is 2.70 bits per heavy atom. The lowest BCUT2D eigenvalue weighted by Gasteiger charge is -2.25. The highest BCUT2D eigenvalue weighted by atomic mass is 16.5. The van der Waals surface area contributed by atoms with Crippen molar-refractivity contribution >= 4 is 0 Å². The topological polar surface area (TPSA) is 41.1 Å². The summed E-state index contributed by atoms with van der Waals surface area (Å²) in [6, 6.07) is 12.1. The minimum atomic E-state index is 0.681. The second-order valence-corrected chi connectivity index (χ2v) is 5.24. The first-order valence-electron chi connectivity index (χ1n) is 7.38. The van der Waals surface area contributed by atoms with Crippen molar-refractivity contribution in [3.8, 4) is 17.1 Å². The van der Waals surface area contributed by atoms with E-state index in [0.29, 0.717) is 12.5 Å². The van der Waals surface area contributed by atoms with Crippen LogP contribution in [0.25, 0.3) is 11.3 Å². The van der Waals surface area contributed by atoms with E-state index in [9.17, 15) is 0 Å². The van der Waals surface area contributed by atoms with E-state index < -0.39 is 0 Å². The Kier molecular flexibility index (Phi) is 4.33. The van der Waals surface area contributed by atoms with Crippen LogP contribution >= 0.6 is 0 Å². The highest BCUT2D eigenvalue weighted by Crippen LogP contribution is 2.20. The molecule has 1 aliphatic rings. The van der Waals surface area contributed by atoms with Gasteiger partial charge < -0.3 is 4.74 Å². The number of H-pyrrole nitrogens is 1. The summed E-state index contributed by atoms with van der Waals surface area (Å²) in [5, 5.41) is 7.23. The predicted octanol–water partition coefficient (Wildman–Crippen LogP) is 2.94. The molecule has 1 N–H and O–H groups in total. The highest BCUT2D eigenvalue weighted by molar-refractivity contribution is 5.59. The Balaban J connectivity index is 1.50. The van der Waals surface area contributed by atoms with E-state index in [4.69, 9.17) is 4.74 Å². The molecule has 20 heavy (non-hydrogen) atoms. The lowest BCUT2D eigenvalue weighted by molar-refractivity contribution is 0.180. The fourth-order valence-electron chi connectivity index (χ4n) is 2.61. The van der Waals surface area contributed by atoms with Gasteiger partial charge in [-0.25, -0.2) is 0 Å². The minimum Gasteiger partial charge on any atom is -0.475 e. The lowest BCUT2D eigenvalue weighted by atomic mass is 10.1. The van der Waals surface area contributed by atoms with E-state index in [2.05, 4.69) is 27.2 Å². The van der Waals surface area contributed by atoms with Crippen molar-refractivity contribution in [1.29, 1.82) is 0 Å². The van der Waals surface area contributed by atoms with E-state index >= 15 is 0 Å². The maximum absolute atomic E-state index is 5.73. The van der Waals surface area contributed by atoms with Crippen LogP contribution in [0.3, 0.4) is 0 Å². The Bertz CT molecular complexity index is 518. The third-order valence-corrected chi connectivity index (χ3v) is 3.75. The van der Waals surface area contributed by atoms with Crippen molar-refractivity contribution in [2.45, 2.75) is 19.3 Å². The zero-order chi connectivity index (χ0) is 13.6. The number of nitrogens with zero attached hydrogens (tertiary/aromatic N) is 2. The van der Waals surface area contributed by atoms with E-state index in [1.165, 1.54) is 32.4 Å². The molecule has 2 heterocycles. The number of benzene rings is 1. The van der Waals surface area contributed by atoms with Crippen molar-refractivity contribution in [2.24, 2.45) is 0 Å². The van der Waals surface area contributed by atoms with E-state index in [1.54, 1.807) is 0 Å². The molecule has 1 aliphatic heterocycles. The zero-order valence-corrected chi connectivity index (χ0v) is 11.7. The second kappa shape index (κ2) is 6.57. The number of ether oxygens (including phenoxy) is 1. The molecule has 0 saturated carbocycles. The van der Waals surface area contributed by atoms with Gasteiger partial charge in [0, 0.05) is 12.6 Å². The Labute approximate surface area is 119 Å². The number of piperidine rings is 1. The van der Waals surface area contributed by atoms with Crippen molar-refractivity contribution in [1.82, 2.24) is 15.1 Å². The van der Waals surface area contributed by atoms with Crippen molar-refractivity contribution in [3.05, 3.63) is 36.4 Å². The third kappa shape index (κ3) is 3.39. The van der Waals surface area contributed by atoms with Gasteiger partial charge in [0.2, 0.25) is 5.88 Å². The molecule has 1 aromatic carbocycles. The summed E-state index contributed by atoms with van der Waals surface area (Å²) in [4.78, 5) is 2.47. The number of likely N-dealkylation sites (tertiary alicyclic amines) is 1. The first-order valence-corrected chi connectivity index (χ1v) is 7.38. The Hall–Kier alpha value is -1.81. The maximum Gasteiger partial charge on any atom is 0.233 e. The third-order valence-electron chi connectivity index (χ3n) is 3.75. The minimum absolute atomic E-state index is 0.681. The van der Waals surface area contributed by atoms with Gasteiger partial charge in [-0.3, -0.25) is 10.00 Å². The van der Waals surface area contributed by atoms with Crippen molar-refractivity contribution in [3.63, 3.8) is 0 Å². The summed E-state index contributed by atoms with van der Waals surface area (Å²) < 4.78 is 5.73. The number of aromatic amines is 1. The normalized spacial score (nSPS) is 16.2. The number of nitrogens with one attached hydrogen (secondary N) is 1. The molecular weight excluding hydrogens is 250 g/mol. The van der Waals surface area contributed by atoms with Gasteiger partial charge in [0.15, 0.2) is 0 Å². The lowest BCUT2D eigenvalue weighted by Crippen LogP contribution is -2.33. The fraction of sp³-hybridized carbons (Fsp3) is 0.438. The summed E-state index contributed by atoms with van der Waals surface area (Å²) in [7, 11) is 0. The van der Waals surface area contributed by atoms with Crippen LogP contribution in [0.4, 0.5) is 0 Å². The van der Waals surface area contributed by atoms with Crippen LogP contribution in [0.1, 0.15) is 19.3 Å².